The molecule has 170 valence electrons. The number of amides is 1. The molecular formula is C26H26N2O4S. The Morgan fingerprint density at radius 3 is 2.70 bits per heavy atom. The number of rotatable bonds is 4. The van der Waals surface area contributed by atoms with Crippen LogP contribution in [0.1, 0.15) is 46.8 Å². The van der Waals surface area contributed by atoms with Crippen molar-refractivity contribution in [3.63, 3.8) is 0 Å². The predicted molar refractivity (Wildman–Crippen MR) is 129 cm³/mol. The Labute approximate surface area is 196 Å². The molecule has 1 aliphatic heterocycles. The van der Waals surface area contributed by atoms with Gasteiger partial charge >= 0.3 is 5.97 Å². The molecule has 1 amide bonds. The highest BCUT2D eigenvalue weighted by Gasteiger charge is 2.30. The van der Waals surface area contributed by atoms with Crippen molar-refractivity contribution >= 4 is 45.8 Å². The smallest absolute Gasteiger partial charge is 0.339 e. The number of pyridine rings is 1. The molecule has 1 aromatic carbocycles. The molecule has 3 heterocycles. The highest BCUT2D eigenvalue weighted by atomic mass is 32.1. The number of hydrogen-bond donors (Lipinski definition) is 0. The van der Waals surface area contributed by atoms with Crippen molar-refractivity contribution in [2.75, 3.05) is 19.7 Å². The number of fused-ring (bicyclic) bond motifs is 2. The molecule has 0 saturated carbocycles. The summed E-state index contributed by atoms with van der Waals surface area (Å²) in [4.78, 5) is 33.8. The van der Waals surface area contributed by atoms with Gasteiger partial charge in [0.05, 0.1) is 29.0 Å². The van der Waals surface area contributed by atoms with Crippen LogP contribution in [0.2, 0.25) is 0 Å². The van der Waals surface area contributed by atoms with Crippen LogP contribution >= 0.6 is 11.3 Å². The maximum atomic E-state index is 13.3. The number of carbonyl (C=O) groups excluding carboxylic acids is 2. The minimum atomic E-state index is -0.468. The molecule has 5 rings (SSSR count). The molecule has 0 spiro atoms. The van der Waals surface area contributed by atoms with Crippen molar-refractivity contribution < 1.29 is 19.1 Å². The average Bonchev–Trinajstić information content (AvgIpc) is 3.45. The maximum Gasteiger partial charge on any atom is 0.339 e. The lowest BCUT2D eigenvalue weighted by Crippen LogP contribution is -2.49. The number of carbonyl (C=O) groups is 2. The topological polar surface area (TPSA) is 68.7 Å². The van der Waals surface area contributed by atoms with E-state index in [1.54, 1.807) is 16.2 Å². The van der Waals surface area contributed by atoms with Gasteiger partial charge < -0.3 is 14.4 Å². The quantitative estimate of drug-likeness (QED) is 0.531. The lowest BCUT2D eigenvalue weighted by atomic mass is 10.0. The van der Waals surface area contributed by atoms with Crippen molar-refractivity contribution in [2.24, 2.45) is 0 Å². The summed E-state index contributed by atoms with van der Waals surface area (Å²) in [7, 11) is 0. The van der Waals surface area contributed by atoms with Gasteiger partial charge in [0.15, 0.2) is 6.61 Å². The standard InChI is InChI=1S/C26H26N2O4S/c1-16-13-28(14-17(2)32-16)23(29)15-31-26(30)24-20-7-3-4-8-22(20)27-25-18(9-10-21(24)25)12-19-6-5-11-33-19/h3-8,11-12,16-17H,9-10,13-15H2,1-2H3/b18-12+. The van der Waals surface area contributed by atoms with Crippen molar-refractivity contribution in [3.8, 4) is 0 Å². The second kappa shape index (κ2) is 9.08. The molecule has 1 saturated heterocycles. The zero-order valence-electron chi connectivity index (χ0n) is 18.7. The Morgan fingerprint density at radius 1 is 1.15 bits per heavy atom. The third-order valence-electron chi connectivity index (χ3n) is 6.10. The highest BCUT2D eigenvalue weighted by molar-refractivity contribution is 7.10. The fourth-order valence-corrected chi connectivity index (χ4v) is 5.41. The Balaban J connectivity index is 1.43. The van der Waals surface area contributed by atoms with E-state index in [9.17, 15) is 9.59 Å². The van der Waals surface area contributed by atoms with Crippen molar-refractivity contribution in [1.82, 2.24) is 9.88 Å². The summed E-state index contributed by atoms with van der Waals surface area (Å²) < 4.78 is 11.3. The minimum absolute atomic E-state index is 0.0330. The van der Waals surface area contributed by atoms with Crippen LogP contribution in [-0.4, -0.2) is 53.7 Å². The maximum absolute atomic E-state index is 13.3. The fourth-order valence-electron chi connectivity index (χ4n) is 4.73. The highest BCUT2D eigenvalue weighted by Crippen LogP contribution is 2.38. The molecule has 33 heavy (non-hydrogen) atoms. The predicted octanol–water partition coefficient (Wildman–Crippen LogP) is 4.58. The Morgan fingerprint density at radius 2 is 1.94 bits per heavy atom. The van der Waals surface area contributed by atoms with Crippen LogP contribution in [0.4, 0.5) is 0 Å². The van der Waals surface area contributed by atoms with Gasteiger partial charge in [-0.05, 0) is 61.4 Å². The summed E-state index contributed by atoms with van der Waals surface area (Å²) >= 11 is 1.68. The van der Waals surface area contributed by atoms with E-state index >= 15 is 0 Å². The van der Waals surface area contributed by atoms with Gasteiger partial charge in [-0.25, -0.2) is 9.78 Å². The zero-order valence-corrected chi connectivity index (χ0v) is 19.6. The molecule has 1 aliphatic carbocycles. The van der Waals surface area contributed by atoms with Crippen LogP contribution < -0.4 is 0 Å². The van der Waals surface area contributed by atoms with Crippen LogP contribution in [0, 0.1) is 0 Å². The second-order valence-electron chi connectivity index (χ2n) is 8.65. The lowest BCUT2D eigenvalue weighted by molar-refractivity contribution is -0.146. The fraction of sp³-hybridized carbons (Fsp3) is 0.346. The Kier molecular flexibility index (Phi) is 6.00. The van der Waals surface area contributed by atoms with E-state index in [4.69, 9.17) is 14.5 Å². The van der Waals surface area contributed by atoms with Gasteiger partial charge in [-0.3, -0.25) is 4.79 Å². The number of thiophene rings is 1. The molecule has 1 fully saturated rings. The van der Waals surface area contributed by atoms with Crippen LogP contribution in [0.15, 0.2) is 41.8 Å². The van der Waals surface area contributed by atoms with Gasteiger partial charge in [-0.15, -0.1) is 11.3 Å². The largest absolute Gasteiger partial charge is 0.452 e. The number of allylic oxidation sites excluding steroid dienone is 1. The van der Waals surface area contributed by atoms with Crippen molar-refractivity contribution in [1.29, 1.82) is 0 Å². The summed E-state index contributed by atoms with van der Waals surface area (Å²) in [6.45, 7) is 4.61. The molecular weight excluding hydrogens is 436 g/mol. The van der Waals surface area contributed by atoms with E-state index < -0.39 is 5.97 Å². The molecule has 3 aromatic rings. The minimum Gasteiger partial charge on any atom is -0.452 e. The number of nitrogens with zero attached hydrogens (tertiary/aromatic N) is 2. The monoisotopic (exact) mass is 462 g/mol. The van der Waals surface area contributed by atoms with Gasteiger partial charge in [0, 0.05) is 23.4 Å². The molecule has 2 atom stereocenters. The first-order chi connectivity index (χ1) is 16.0. The second-order valence-corrected chi connectivity index (χ2v) is 9.63. The van der Waals surface area contributed by atoms with Gasteiger partial charge in [0.1, 0.15) is 0 Å². The van der Waals surface area contributed by atoms with E-state index in [1.165, 1.54) is 0 Å². The third-order valence-corrected chi connectivity index (χ3v) is 6.92. The van der Waals surface area contributed by atoms with Crippen LogP contribution in [0.5, 0.6) is 0 Å². The molecule has 7 heteroatoms. The molecule has 2 aliphatic rings. The molecule has 2 unspecified atom stereocenters. The average molecular weight is 463 g/mol. The SMILES string of the molecule is CC1CN(C(=O)COC(=O)c2c3c(nc4ccccc24)/C(=C/c2cccs2)CC3)CC(C)O1. The number of aromatic nitrogens is 1. The summed E-state index contributed by atoms with van der Waals surface area (Å²) in [5, 5.41) is 2.81. The summed E-state index contributed by atoms with van der Waals surface area (Å²) in [5.41, 5.74) is 4.17. The Hall–Kier alpha value is -3.03. The van der Waals surface area contributed by atoms with E-state index in [0.29, 0.717) is 18.7 Å². The number of esters is 1. The zero-order chi connectivity index (χ0) is 22.9. The number of benzene rings is 1. The van der Waals surface area contributed by atoms with E-state index in [2.05, 4.69) is 12.1 Å². The lowest BCUT2D eigenvalue weighted by Gasteiger charge is -2.35. The van der Waals surface area contributed by atoms with E-state index in [-0.39, 0.29) is 24.7 Å². The van der Waals surface area contributed by atoms with Gasteiger partial charge in [0.2, 0.25) is 0 Å². The first-order valence-electron chi connectivity index (χ1n) is 11.3. The first kappa shape index (κ1) is 21.8. The third kappa shape index (κ3) is 4.43. The first-order valence-corrected chi connectivity index (χ1v) is 12.1. The van der Waals surface area contributed by atoms with E-state index in [1.807, 2.05) is 49.6 Å². The van der Waals surface area contributed by atoms with Gasteiger partial charge in [-0.2, -0.15) is 0 Å². The van der Waals surface area contributed by atoms with Crippen LogP contribution in [0.3, 0.4) is 0 Å². The number of hydrogen-bond acceptors (Lipinski definition) is 6. The van der Waals surface area contributed by atoms with Gasteiger partial charge in [-0.1, -0.05) is 24.3 Å². The molecule has 0 N–H and O–H groups in total. The van der Waals surface area contributed by atoms with Crippen molar-refractivity contribution in [3.05, 3.63) is 63.5 Å². The number of para-hydroxylation sites is 1. The number of morpholine rings is 1. The van der Waals surface area contributed by atoms with Crippen LogP contribution in [-0.2, 0) is 20.7 Å². The van der Waals surface area contributed by atoms with E-state index in [0.717, 1.165) is 45.5 Å². The summed E-state index contributed by atoms with van der Waals surface area (Å²) in [5.74, 6) is -0.663. The van der Waals surface area contributed by atoms with Crippen LogP contribution in [0.25, 0.3) is 22.6 Å². The molecule has 2 aromatic heterocycles. The molecule has 0 radical (unpaired) electrons. The summed E-state index contributed by atoms with van der Waals surface area (Å²) in [6, 6.07) is 11.7. The van der Waals surface area contributed by atoms with Crippen molar-refractivity contribution in [2.45, 2.75) is 38.9 Å². The number of ether oxygens (including phenoxy) is 2. The molecule has 0 bridgehead atoms. The van der Waals surface area contributed by atoms with Gasteiger partial charge in [0.25, 0.3) is 5.91 Å². The molecule has 6 nitrogen and oxygen atoms in total. The normalized spacial score (nSPS) is 21.4. The summed E-state index contributed by atoms with van der Waals surface area (Å²) in [6.07, 6.45) is 3.63. The Bertz CT molecular complexity index is 1220.